The first kappa shape index (κ1) is 25.5. The molecule has 36 heavy (non-hydrogen) atoms. The molecule has 1 saturated heterocycles. The van der Waals surface area contributed by atoms with Crippen molar-refractivity contribution in [2.75, 3.05) is 43.5 Å². The molecule has 2 aromatic carbocycles. The molecular formula is C23H24F3N5O4S. The molecule has 1 fully saturated rings. The second-order valence-electron chi connectivity index (χ2n) is 7.96. The summed E-state index contributed by atoms with van der Waals surface area (Å²) in [5, 5.41) is 3.05. The Morgan fingerprint density at radius 1 is 0.917 bits per heavy atom. The second kappa shape index (κ2) is 10.2. The maximum atomic E-state index is 13.0. The molecule has 0 spiro atoms. The molecule has 0 bridgehead atoms. The van der Waals surface area contributed by atoms with Gasteiger partial charge in [0.25, 0.3) is 0 Å². The number of methoxy groups -OCH3 is 1. The normalized spacial score (nSPS) is 15.0. The number of hydrogen-bond donors (Lipinski definition) is 1. The number of aromatic nitrogens is 2. The van der Waals surface area contributed by atoms with Crippen molar-refractivity contribution in [1.82, 2.24) is 14.3 Å². The lowest BCUT2D eigenvalue weighted by Gasteiger charge is -2.34. The van der Waals surface area contributed by atoms with Crippen molar-refractivity contribution in [3.05, 3.63) is 60.3 Å². The summed E-state index contributed by atoms with van der Waals surface area (Å²) in [7, 11) is -2.13. The fourth-order valence-corrected chi connectivity index (χ4v) is 5.09. The first-order valence-electron chi connectivity index (χ1n) is 10.9. The number of nitrogens with zero attached hydrogens (tertiary/aromatic N) is 4. The molecule has 192 valence electrons. The average Bonchev–Trinajstić information content (AvgIpc) is 2.84. The van der Waals surface area contributed by atoms with Crippen molar-refractivity contribution in [2.24, 2.45) is 0 Å². The van der Waals surface area contributed by atoms with Crippen LogP contribution < -0.4 is 19.7 Å². The van der Waals surface area contributed by atoms with Gasteiger partial charge in [-0.3, -0.25) is 0 Å². The summed E-state index contributed by atoms with van der Waals surface area (Å²) in [6, 6.07) is 13.2. The minimum absolute atomic E-state index is 0.196. The molecule has 0 unspecified atom stereocenters. The highest BCUT2D eigenvalue weighted by atomic mass is 32.2. The van der Waals surface area contributed by atoms with Gasteiger partial charge in [0.15, 0.2) is 0 Å². The lowest BCUT2D eigenvalue weighted by Crippen LogP contribution is -2.49. The highest BCUT2D eigenvalue weighted by molar-refractivity contribution is 7.89. The molecule has 0 amide bonds. The number of piperazine rings is 1. The van der Waals surface area contributed by atoms with E-state index >= 15 is 0 Å². The van der Waals surface area contributed by atoms with E-state index in [9.17, 15) is 21.6 Å². The van der Waals surface area contributed by atoms with E-state index in [-0.39, 0.29) is 23.7 Å². The summed E-state index contributed by atoms with van der Waals surface area (Å²) >= 11 is 0. The van der Waals surface area contributed by atoms with E-state index in [0.717, 1.165) is 0 Å². The monoisotopic (exact) mass is 523 g/mol. The van der Waals surface area contributed by atoms with Crippen LogP contribution in [-0.2, 0) is 10.0 Å². The van der Waals surface area contributed by atoms with Crippen LogP contribution in [0.25, 0.3) is 0 Å². The summed E-state index contributed by atoms with van der Waals surface area (Å²) < 4.78 is 73.5. The molecule has 4 rings (SSSR count). The van der Waals surface area contributed by atoms with Crippen molar-refractivity contribution in [1.29, 1.82) is 0 Å². The van der Waals surface area contributed by atoms with Crippen LogP contribution in [0.2, 0.25) is 0 Å². The van der Waals surface area contributed by atoms with Gasteiger partial charge in [-0.1, -0.05) is 0 Å². The summed E-state index contributed by atoms with van der Waals surface area (Å²) in [6.07, 6.45) is -4.76. The minimum Gasteiger partial charge on any atom is -0.497 e. The summed E-state index contributed by atoms with van der Waals surface area (Å²) in [6.45, 7) is 3.09. The number of anilines is 3. The van der Waals surface area contributed by atoms with Crippen molar-refractivity contribution < 1.29 is 31.1 Å². The van der Waals surface area contributed by atoms with Crippen molar-refractivity contribution in [2.45, 2.75) is 18.2 Å². The van der Waals surface area contributed by atoms with Crippen LogP contribution in [0.3, 0.4) is 0 Å². The summed E-state index contributed by atoms with van der Waals surface area (Å²) in [5.74, 6) is 1.13. The fourth-order valence-electron chi connectivity index (χ4n) is 3.67. The Labute approximate surface area is 206 Å². The van der Waals surface area contributed by atoms with Crippen molar-refractivity contribution in [3.63, 3.8) is 0 Å². The number of nitrogens with one attached hydrogen (secondary N) is 1. The van der Waals surface area contributed by atoms with Crippen molar-refractivity contribution >= 4 is 27.5 Å². The van der Waals surface area contributed by atoms with Crippen molar-refractivity contribution in [3.8, 4) is 11.5 Å². The zero-order chi connectivity index (χ0) is 25.9. The quantitative estimate of drug-likeness (QED) is 0.498. The molecule has 1 aliphatic rings. The highest BCUT2D eigenvalue weighted by Crippen LogP contribution is 2.26. The van der Waals surface area contributed by atoms with Gasteiger partial charge in [-0.15, -0.1) is 13.2 Å². The van der Waals surface area contributed by atoms with Crippen LogP contribution in [0.4, 0.5) is 30.6 Å². The van der Waals surface area contributed by atoms with Crippen LogP contribution in [-0.4, -0.2) is 62.3 Å². The molecule has 0 atom stereocenters. The maximum absolute atomic E-state index is 13.0. The van der Waals surface area contributed by atoms with Gasteiger partial charge in [0, 0.05) is 43.6 Å². The number of hydrogen-bond acceptors (Lipinski definition) is 8. The molecule has 1 N–H and O–H groups in total. The molecule has 13 heteroatoms. The Morgan fingerprint density at radius 3 is 2.11 bits per heavy atom. The van der Waals surface area contributed by atoms with E-state index in [1.807, 2.05) is 4.90 Å². The zero-order valence-electron chi connectivity index (χ0n) is 19.5. The Balaban J connectivity index is 1.42. The highest BCUT2D eigenvalue weighted by Gasteiger charge is 2.31. The predicted octanol–water partition coefficient (Wildman–Crippen LogP) is 3.95. The van der Waals surface area contributed by atoms with Crippen LogP contribution >= 0.6 is 0 Å². The standard InChI is InChI=1S/C23H24F3N5O4S/c1-16-15-21(28-17-3-5-19(6-4-17)35-23(24,25)26)29-22(27-16)30-11-13-31(14-12-30)36(32,33)20-9-7-18(34-2)8-10-20/h3-10,15H,11-14H2,1-2H3,(H,27,28,29). The molecule has 0 saturated carbocycles. The zero-order valence-corrected chi connectivity index (χ0v) is 20.3. The third kappa shape index (κ3) is 6.15. The van der Waals surface area contributed by atoms with Crippen LogP contribution in [0.1, 0.15) is 5.69 Å². The van der Waals surface area contributed by atoms with Gasteiger partial charge in [0.05, 0.1) is 12.0 Å². The number of benzene rings is 2. The predicted molar refractivity (Wildman–Crippen MR) is 127 cm³/mol. The van der Waals surface area contributed by atoms with E-state index in [1.165, 1.54) is 47.8 Å². The smallest absolute Gasteiger partial charge is 0.497 e. The average molecular weight is 524 g/mol. The van der Waals surface area contributed by atoms with E-state index in [0.29, 0.717) is 42.0 Å². The van der Waals surface area contributed by atoms with E-state index in [2.05, 4.69) is 20.0 Å². The third-order valence-corrected chi connectivity index (χ3v) is 7.33. The molecule has 9 nitrogen and oxygen atoms in total. The molecule has 1 aliphatic heterocycles. The number of halogens is 3. The maximum Gasteiger partial charge on any atom is 0.573 e. The number of alkyl halides is 3. The van der Waals surface area contributed by atoms with Gasteiger partial charge in [0.2, 0.25) is 16.0 Å². The van der Waals surface area contributed by atoms with Gasteiger partial charge in [0.1, 0.15) is 17.3 Å². The largest absolute Gasteiger partial charge is 0.573 e. The number of rotatable bonds is 7. The minimum atomic E-state index is -4.76. The van der Waals surface area contributed by atoms with Crippen LogP contribution in [0.15, 0.2) is 59.5 Å². The summed E-state index contributed by atoms with van der Waals surface area (Å²) in [5.41, 5.74) is 1.19. The van der Waals surface area contributed by atoms with Gasteiger partial charge in [-0.05, 0) is 55.5 Å². The molecule has 1 aromatic heterocycles. The van der Waals surface area contributed by atoms with E-state index in [1.54, 1.807) is 25.1 Å². The van der Waals surface area contributed by atoms with Gasteiger partial charge < -0.3 is 19.7 Å². The van der Waals surface area contributed by atoms with Crippen LogP contribution in [0, 0.1) is 6.92 Å². The first-order chi connectivity index (χ1) is 17.0. The second-order valence-corrected chi connectivity index (χ2v) is 9.90. The lowest BCUT2D eigenvalue weighted by molar-refractivity contribution is -0.274. The third-order valence-electron chi connectivity index (χ3n) is 5.42. The Kier molecular flexibility index (Phi) is 7.22. The Morgan fingerprint density at radius 2 is 1.53 bits per heavy atom. The van der Waals surface area contributed by atoms with E-state index < -0.39 is 16.4 Å². The van der Waals surface area contributed by atoms with Crippen LogP contribution in [0.5, 0.6) is 11.5 Å². The Bertz CT molecular complexity index is 1290. The lowest BCUT2D eigenvalue weighted by atomic mass is 10.3. The van der Waals surface area contributed by atoms with E-state index in [4.69, 9.17) is 4.74 Å². The van der Waals surface area contributed by atoms with Gasteiger partial charge in [-0.25, -0.2) is 13.4 Å². The SMILES string of the molecule is COc1ccc(S(=O)(=O)N2CCN(c3nc(C)cc(Nc4ccc(OC(F)(F)F)cc4)n3)CC2)cc1. The number of sulfonamides is 1. The molecule has 3 aromatic rings. The fraction of sp³-hybridized carbons (Fsp3) is 0.304. The molecule has 0 radical (unpaired) electrons. The number of ether oxygens (including phenoxy) is 2. The van der Waals surface area contributed by atoms with Gasteiger partial charge >= 0.3 is 6.36 Å². The summed E-state index contributed by atoms with van der Waals surface area (Å²) in [4.78, 5) is 11.1. The number of aryl methyl sites for hydroxylation is 1. The first-order valence-corrected chi connectivity index (χ1v) is 12.4. The molecule has 2 heterocycles. The molecule has 0 aliphatic carbocycles. The Hall–Kier alpha value is -3.58. The molecular weight excluding hydrogens is 499 g/mol. The van der Waals surface area contributed by atoms with Gasteiger partial charge in [-0.2, -0.15) is 9.29 Å². The topological polar surface area (TPSA) is 96.9 Å².